The summed E-state index contributed by atoms with van der Waals surface area (Å²) in [5.41, 5.74) is 4.49. The molecule has 0 aliphatic rings. The highest BCUT2D eigenvalue weighted by molar-refractivity contribution is 9.10. The molecule has 0 spiro atoms. The summed E-state index contributed by atoms with van der Waals surface area (Å²) in [6.45, 7) is 1.81. The predicted octanol–water partition coefficient (Wildman–Crippen LogP) is 5.19. The number of halogens is 1. The number of fused-ring (bicyclic) bond motifs is 1. The van der Waals surface area contributed by atoms with E-state index in [0.29, 0.717) is 5.75 Å². The highest BCUT2D eigenvalue weighted by atomic mass is 79.9. The van der Waals surface area contributed by atoms with Crippen LogP contribution in [0.15, 0.2) is 81.9 Å². The molecule has 0 radical (unpaired) electrons. The molecule has 3 rings (SSSR count). The average Bonchev–Trinajstić information content (AvgIpc) is 2.68. The highest BCUT2D eigenvalue weighted by Gasteiger charge is 2.08. The van der Waals surface area contributed by atoms with Crippen molar-refractivity contribution in [3.8, 4) is 5.75 Å². The van der Waals surface area contributed by atoms with Crippen molar-refractivity contribution in [2.24, 2.45) is 5.10 Å². The fourth-order valence-electron chi connectivity index (χ4n) is 2.56. The molecule has 27 heavy (non-hydrogen) atoms. The van der Waals surface area contributed by atoms with Gasteiger partial charge >= 0.3 is 0 Å². The van der Waals surface area contributed by atoms with Gasteiger partial charge in [0.05, 0.1) is 10.7 Å². The standard InChI is InChI=1S/C22H19BrN2O2/c1-16(13-17-7-3-2-4-8-17)14-24-25-21(26)15-27-20-12-11-18-9-5-6-10-19(18)22(20)23/h2-14H,15H2,1H3,(H,25,26)/b16-13-,24-14-. The van der Waals surface area contributed by atoms with Crippen molar-refractivity contribution in [1.82, 2.24) is 5.43 Å². The van der Waals surface area contributed by atoms with Crippen LogP contribution in [0.4, 0.5) is 0 Å². The van der Waals surface area contributed by atoms with Gasteiger partial charge in [0.1, 0.15) is 5.75 Å². The Balaban J connectivity index is 1.54. The molecule has 0 saturated carbocycles. The molecule has 5 heteroatoms. The van der Waals surface area contributed by atoms with E-state index in [0.717, 1.165) is 26.4 Å². The van der Waals surface area contributed by atoms with Crippen LogP contribution in [0.2, 0.25) is 0 Å². The van der Waals surface area contributed by atoms with Gasteiger partial charge in [0.25, 0.3) is 5.91 Å². The van der Waals surface area contributed by atoms with Gasteiger partial charge in [-0.1, -0.05) is 66.7 Å². The van der Waals surface area contributed by atoms with Gasteiger partial charge in [-0.25, -0.2) is 5.43 Å². The number of benzene rings is 3. The second-order valence-corrected chi connectivity index (χ2v) is 6.77. The van der Waals surface area contributed by atoms with Crippen LogP contribution in [0, 0.1) is 0 Å². The molecule has 0 aliphatic heterocycles. The predicted molar refractivity (Wildman–Crippen MR) is 114 cm³/mol. The van der Waals surface area contributed by atoms with Gasteiger partial charge in [-0.05, 0) is 50.8 Å². The number of hydrogen-bond acceptors (Lipinski definition) is 3. The third kappa shape index (κ3) is 5.28. The number of ether oxygens (including phenoxy) is 1. The summed E-state index contributed by atoms with van der Waals surface area (Å²) >= 11 is 3.54. The number of nitrogens with one attached hydrogen (secondary N) is 1. The van der Waals surface area contributed by atoms with Crippen LogP contribution in [-0.2, 0) is 4.79 Å². The quantitative estimate of drug-likeness (QED) is 0.439. The van der Waals surface area contributed by atoms with Crippen LogP contribution in [0.25, 0.3) is 16.8 Å². The Morgan fingerprint density at radius 2 is 1.81 bits per heavy atom. The van der Waals surface area contributed by atoms with E-state index in [2.05, 4.69) is 26.5 Å². The number of carbonyl (C=O) groups is 1. The van der Waals surface area contributed by atoms with E-state index in [9.17, 15) is 4.79 Å². The molecule has 0 unspecified atom stereocenters. The summed E-state index contributed by atoms with van der Waals surface area (Å²) in [7, 11) is 0. The van der Waals surface area contributed by atoms with E-state index in [1.54, 1.807) is 6.21 Å². The summed E-state index contributed by atoms with van der Waals surface area (Å²) in [5.74, 6) is 0.298. The molecule has 0 heterocycles. The first kappa shape index (κ1) is 18.9. The van der Waals surface area contributed by atoms with Gasteiger partial charge in [0, 0.05) is 0 Å². The molecule has 0 bridgehead atoms. The van der Waals surface area contributed by atoms with Crippen LogP contribution in [0.5, 0.6) is 5.75 Å². The van der Waals surface area contributed by atoms with Crippen molar-refractivity contribution in [3.63, 3.8) is 0 Å². The fourth-order valence-corrected chi connectivity index (χ4v) is 3.16. The topological polar surface area (TPSA) is 50.7 Å². The first-order valence-electron chi connectivity index (χ1n) is 8.49. The molecule has 0 atom stereocenters. The maximum Gasteiger partial charge on any atom is 0.277 e. The van der Waals surface area contributed by atoms with Gasteiger partial charge < -0.3 is 4.74 Å². The third-order valence-electron chi connectivity index (χ3n) is 3.84. The number of rotatable bonds is 6. The lowest BCUT2D eigenvalue weighted by Gasteiger charge is -2.09. The first-order valence-corrected chi connectivity index (χ1v) is 9.28. The van der Waals surface area contributed by atoms with Crippen LogP contribution < -0.4 is 10.2 Å². The minimum atomic E-state index is -0.321. The number of nitrogens with zero attached hydrogens (tertiary/aromatic N) is 1. The lowest BCUT2D eigenvalue weighted by molar-refractivity contribution is -0.123. The zero-order valence-electron chi connectivity index (χ0n) is 14.9. The van der Waals surface area contributed by atoms with Crippen molar-refractivity contribution in [2.45, 2.75) is 6.92 Å². The minimum Gasteiger partial charge on any atom is -0.483 e. The van der Waals surface area contributed by atoms with Crippen molar-refractivity contribution in [2.75, 3.05) is 6.61 Å². The largest absolute Gasteiger partial charge is 0.483 e. The number of hydrazone groups is 1. The van der Waals surface area contributed by atoms with Gasteiger partial charge in [-0.3, -0.25) is 4.79 Å². The smallest absolute Gasteiger partial charge is 0.277 e. The summed E-state index contributed by atoms with van der Waals surface area (Å²) in [5, 5.41) is 6.11. The lowest BCUT2D eigenvalue weighted by atomic mass is 10.1. The van der Waals surface area contributed by atoms with Crippen molar-refractivity contribution < 1.29 is 9.53 Å². The molecule has 0 saturated heterocycles. The normalized spacial score (nSPS) is 11.7. The molecular formula is C22H19BrN2O2. The molecule has 4 nitrogen and oxygen atoms in total. The minimum absolute atomic E-state index is 0.115. The molecule has 3 aromatic carbocycles. The third-order valence-corrected chi connectivity index (χ3v) is 4.66. The fraction of sp³-hybridized carbons (Fsp3) is 0.0909. The highest BCUT2D eigenvalue weighted by Crippen LogP contribution is 2.32. The number of carbonyl (C=O) groups excluding carboxylic acids is 1. The molecule has 136 valence electrons. The Labute approximate surface area is 166 Å². The molecule has 1 N–H and O–H groups in total. The maximum atomic E-state index is 11.9. The summed E-state index contributed by atoms with van der Waals surface area (Å²) < 4.78 is 6.44. The Morgan fingerprint density at radius 3 is 2.63 bits per heavy atom. The second kappa shape index (κ2) is 9.14. The number of amides is 1. The maximum absolute atomic E-state index is 11.9. The van der Waals surface area contributed by atoms with Gasteiger partial charge in [0.15, 0.2) is 6.61 Å². The zero-order chi connectivity index (χ0) is 19.1. The van der Waals surface area contributed by atoms with Crippen LogP contribution in [0.1, 0.15) is 12.5 Å². The molecule has 0 fully saturated rings. The Kier molecular flexibility index (Phi) is 6.39. The Hall–Kier alpha value is -2.92. The van der Waals surface area contributed by atoms with E-state index >= 15 is 0 Å². The van der Waals surface area contributed by atoms with Gasteiger partial charge in [-0.2, -0.15) is 5.10 Å². The summed E-state index contributed by atoms with van der Waals surface area (Å²) in [6.07, 6.45) is 3.59. The molecule has 3 aromatic rings. The van der Waals surface area contributed by atoms with E-state index in [1.807, 2.05) is 79.7 Å². The van der Waals surface area contributed by atoms with Gasteiger partial charge in [0.2, 0.25) is 0 Å². The number of hydrogen-bond donors (Lipinski definition) is 1. The second-order valence-electron chi connectivity index (χ2n) is 5.98. The van der Waals surface area contributed by atoms with Crippen LogP contribution >= 0.6 is 15.9 Å². The zero-order valence-corrected chi connectivity index (χ0v) is 16.4. The number of allylic oxidation sites excluding steroid dienone is 1. The first-order chi connectivity index (χ1) is 13.1. The summed E-state index contributed by atoms with van der Waals surface area (Å²) in [4.78, 5) is 11.9. The Morgan fingerprint density at radius 1 is 1.07 bits per heavy atom. The lowest BCUT2D eigenvalue weighted by Crippen LogP contribution is -2.24. The monoisotopic (exact) mass is 422 g/mol. The van der Waals surface area contributed by atoms with Crippen molar-refractivity contribution >= 4 is 44.9 Å². The van der Waals surface area contributed by atoms with E-state index in [4.69, 9.17) is 4.74 Å². The van der Waals surface area contributed by atoms with Crippen LogP contribution in [0.3, 0.4) is 0 Å². The van der Waals surface area contributed by atoms with E-state index in [-0.39, 0.29) is 12.5 Å². The molecule has 0 aromatic heterocycles. The average molecular weight is 423 g/mol. The summed E-state index contributed by atoms with van der Waals surface area (Å²) in [6, 6.07) is 21.7. The Bertz CT molecular complexity index is 998. The van der Waals surface area contributed by atoms with E-state index < -0.39 is 0 Å². The molecule has 0 aliphatic carbocycles. The van der Waals surface area contributed by atoms with Crippen LogP contribution in [-0.4, -0.2) is 18.7 Å². The van der Waals surface area contributed by atoms with E-state index in [1.165, 1.54) is 0 Å². The SMILES string of the molecule is CC(/C=N\NC(=O)COc1ccc2ccccc2c1Br)=C/c1ccccc1. The van der Waals surface area contributed by atoms with Crippen molar-refractivity contribution in [3.05, 3.63) is 82.3 Å². The molecular weight excluding hydrogens is 404 g/mol. The molecule has 1 amide bonds. The van der Waals surface area contributed by atoms with Crippen molar-refractivity contribution in [1.29, 1.82) is 0 Å². The van der Waals surface area contributed by atoms with Gasteiger partial charge in [-0.15, -0.1) is 0 Å².